The lowest BCUT2D eigenvalue weighted by atomic mass is 9.64. The van der Waals surface area contributed by atoms with E-state index in [1.807, 2.05) is 5.92 Å². The van der Waals surface area contributed by atoms with E-state index in [0.717, 1.165) is 23.7 Å². The van der Waals surface area contributed by atoms with Crippen LogP contribution in [0.2, 0.25) is 0 Å². The predicted octanol–water partition coefficient (Wildman–Crippen LogP) is 5.87. The van der Waals surface area contributed by atoms with Gasteiger partial charge in [-0.2, -0.15) is 0 Å². The summed E-state index contributed by atoms with van der Waals surface area (Å²) in [4.78, 5) is 0. The lowest BCUT2D eigenvalue weighted by Gasteiger charge is -2.35. The molecule has 0 aliphatic heterocycles. The van der Waals surface area contributed by atoms with Gasteiger partial charge in [0, 0.05) is 11.8 Å². The Labute approximate surface area is 126 Å². The van der Waals surface area contributed by atoms with E-state index in [2.05, 4.69) is 34.6 Å². The van der Waals surface area contributed by atoms with Gasteiger partial charge >= 0.3 is 0 Å². The van der Waals surface area contributed by atoms with Crippen LogP contribution in [-0.2, 0) is 0 Å². The molecular formula is C20H33+. The van der Waals surface area contributed by atoms with Crippen molar-refractivity contribution in [3.63, 3.8) is 0 Å². The second kappa shape index (κ2) is 3.79. The van der Waals surface area contributed by atoms with Crippen LogP contribution in [0.4, 0.5) is 0 Å². The van der Waals surface area contributed by atoms with E-state index in [-0.39, 0.29) is 0 Å². The van der Waals surface area contributed by atoms with Crippen molar-refractivity contribution >= 4 is 0 Å². The smallest absolute Gasteiger partial charge is 0.0596 e. The highest BCUT2D eigenvalue weighted by Gasteiger charge is 2.72. The third-order valence-corrected chi connectivity index (χ3v) is 8.74. The molecule has 6 atom stereocenters. The van der Waals surface area contributed by atoms with Gasteiger partial charge in [-0.05, 0) is 61.2 Å². The van der Waals surface area contributed by atoms with E-state index in [4.69, 9.17) is 0 Å². The predicted molar refractivity (Wildman–Crippen MR) is 85.2 cm³/mol. The van der Waals surface area contributed by atoms with Crippen LogP contribution >= 0.6 is 0 Å². The van der Waals surface area contributed by atoms with Crippen molar-refractivity contribution in [2.45, 2.75) is 79.6 Å². The van der Waals surface area contributed by atoms with E-state index in [0.29, 0.717) is 16.2 Å². The molecule has 4 fully saturated rings. The molecule has 0 nitrogen and oxygen atoms in total. The Kier molecular flexibility index (Phi) is 2.56. The average Bonchev–Trinajstić information content (AvgIpc) is 3.00. The van der Waals surface area contributed by atoms with Crippen LogP contribution in [0.5, 0.6) is 0 Å². The molecule has 4 aliphatic rings. The minimum Gasteiger partial charge on any atom is -0.0596 e. The van der Waals surface area contributed by atoms with Crippen LogP contribution in [0.25, 0.3) is 0 Å². The first kappa shape index (κ1) is 13.5. The first-order chi connectivity index (χ1) is 9.31. The van der Waals surface area contributed by atoms with E-state index in [9.17, 15) is 0 Å². The molecular weight excluding hydrogens is 240 g/mol. The molecule has 0 heterocycles. The lowest BCUT2D eigenvalue weighted by molar-refractivity contribution is 0.122. The summed E-state index contributed by atoms with van der Waals surface area (Å²) >= 11 is 0. The molecule has 0 aromatic heterocycles. The molecule has 112 valence electrons. The van der Waals surface area contributed by atoms with Gasteiger partial charge in [0.1, 0.15) is 5.41 Å². The van der Waals surface area contributed by atoms with E-state index in [1.165, 1.54) is 38.5 Å². The van der Waals surface area contributed by atoms with Crippen molar-refractivity contribution in [2.24, 2.45) is 39.9 Å². The first-order valence-electron chi connectivity index (χ1n) is 9.14. The summed E-state index contributed by atoms with van der Waals surface area (Å²) in [6.07, 6.45) is 10.5. The highest BCUT2D eigenvalue weighted by atomic mass is 14.7. The zero-order valence-corrected chi connectivity index (χ0v) is 14.3. The quantitative estimate of drug-likeness (QED) is 0.484. The lowest BCUT2D eigenvalue weighted by Crippen LogP contribution is -2.34. The van der Waals surface area contributed by atoms with Crippen LogP contribution in [-0.4, -0.2) is 0 Å². The number of fused-ring (bicyclic) bond motifs is 4. The molecule has 4 rings (SSSR count). The zero-order chi connectivity index (χ0) is 14.3. The van der Waals surface area contributed by atoms with E-state index < -0.39 is 0 Å². The third-order valence-electron chi connectivity index (χ3n) is 8.74. The maximum Gasteiger partial charge on any atom is 0.116 e. The fourth-order valence-corrected chi connectivity index (χ4v) is 8.08. The van der Waals surface area contributed by atoms with Gasteiger partial charge in [0.2, 0.25) is 0 Å². The Morgan fingerprint density at radius 1 is 1.00 bits per heavy atom. The van der Waals surface area contributed by atoms with Crippen molar-refractivity contribution in [3.8, 4) is 0 Å². The summed E-state index contributed by atoms with van der Waals surface area (Å²) in [5, 5.41) is 0. The molecule has 0 saturated heterocycles. The molecule has 0 aromatic carbocycles. The van der Waals surface area contributed by atoms with Gasteiger partial charge in [0.25, 0.3) is 0 Å². The largest absolute Gasteiger partial charge is 0.116 e. The normalized spacial score (nSPS) is 56.5. The summed E-state index contributed by atoms with van der Waals surface area (Å²) in [6, 6.07) is 0. The van der Waals surface area contributed by atoms with Gasteiger partial charge < -0.3 is 0 Å². The van der Waals surface area contributed by atoms with Crippen LogP contribution in [0, 0.1) is 45.8 Å². The molecule has 0 amide bonds. The highest BCUT2D eigenvalue weighted by Crippen LogP contribution is 2.76. The van der Waals surface area contributed by atoms with Crippen LogP contribution in [0.1, 0.15) is 79.6 Å². The molecule has 0 N–H and O–H groups in total. The molecule has 0 unspecified atom stereocenters. The summed E-state index contributed by atoms with van der Waals surface area (Å²) in [6.45, 7) is 12.9. The van der Waals surface area contributed by atoms with E-state index >= 15 is 0 Å². The van der Waals surface area contributed by atoms with Crippen molar-refractivity contribution in [2.75, 3.05) is 0 Å². The zero-order valence-electron chi connectivity index (χ0n) is 14.3. The third kappa shape index (κ3) is 1.37. The highest BCUT2D eigenvalue weighted by molar-refractivity contribution is 5.23. The van der Waals surface area contributed by atoms with Gasteiger partial charge in [-0.15, -0.1) is 0 Å². The Hall–Kier alpha value is -0.130. The van der Waals surface area contributed by atoms with Crippen LogP contribution < -0.4 is 0 Å². The van der Waals surface area contributed by atoms with Crippen molar-refractivity contribution in [3.05, 3.63) is 5.92 Å². The fourth-order valence-electron chi connectivity index (χ4n) is 8.08. The fraction of sp³-hybridized carbons (Fsp3) is 0.950. The van der Waals surface area contributed by atoms with Crippen molar-refractivity contribution in [1.29, 1.82) is 0 Å². The van der Waals surface area contributed by atoms with Gasteiger partial charge in [0.15, 0.2) is 0 Å². The van der Waals surface area contributed by atoms with Crippen LogP contribution in [0.3, 0.4) is 0 Å². The first-order valence-corrected chi connectivity index (χ1v) is 9.14. The number of hydrogen-bond acceptors (Lipinski definition) is 0. The second-order valence-electron chi connectivity index (χ2n) is 9.89. The molecule has 20 heavy (non-hydrogen) atoms. The van der Waals surface area contributed by atoms with Crippen molar-refractivity contribution < 1.29 is 0 Å². The van der Waals surface area contributed by atoms with Gasteiger partial charge in [-0.3, -0.25) is 0 Å². The summed E-state index contributed by atoms with van der Waals surface area (Å²) < 4.78 is 0. The van der Waals surface area contributed by atoms with Gasteiger partial charge in [-0.25, -0.2) is 0 Å². The van der Waals surface area contributed by atoms with Crippen molar-refractivity contribution in [1.82, 2.24) is 0 Å². The monoisotopic (exact) mass is 273 g/mol. The molecule has 4 saturated carbocycles. The minimum atomic E-state index is 0.607. The summed E-state index contributed by atoms with van der Waals surface area (Å²) in [7, 11) is 0. The summed E-state index contributed by atoms with van der Waals surface area (Å²) in [5.74, 6) is 5.95. The van der Waals surface area contributed by atoms with E-state index in [1.54, 1.807) is 6.42 Å². The maximum atomic E-state index is 2.65. The Balaban J connectivity index is 1.74. The molecule has 1 spiro atoms. The second-order valence-corrected chi connectivity index (χ2v) is 9.89. The minimum absolute atomic E-state index is 0.607. The summed E-state index contributed by atoms with van der Waals surface area (Å²) in [5.41, 5.74) is 1.94. The molecule has 0 heteroatoms. The molecule has 0 radical (unpaired) electrons. The molecule has 0 aromatic rings. The SMILES string of the molecule is C[C+]1CC[C@@H](C)[C@@]12CC[C@H]1[C@@H]3C(C)(C)CC[C@]3(C)C[C@H]12. The number of hydrogen-bond donors (Lipinski definition) is 0. The molecule has 0 bridgehead atoms. The Morgan fingerprint density at radius 2 is 1.75 bits per heavy atom. The maximum absolute atomic E-state index is 2.65. The number of rotatable bonds is 0. The Bertz CT molecular complexity index is 410. The van der Waals surface area contributed by atoms with Crippen LogP contribution in [0.15, 0.2) is 0 Å². The van der Waals surface area contributed by atoms with Gasteiger partial charge in [0.05, 0.1) is 19.3 Å². The average molecular weight is 273 g/mol. The van der Waals surface area contributed by atoms with Gasteiger partial charge in [-0.1, -0.05) is 27.7 Å². The topological polar surface area (TPSA) is 0 Å². The molecule has 4 aliphatic carbocycles. The standard InChI is InChI=1S/C20H33/c1-13-6-7-14(2)20(13)9-8-15-16(20)12-19(5)11-10-18(3,4)17(15)19/h13,15-17H,6-12H2,1-5H3/q+1/t13-,15-,16-,17-,19-,20+/m1/s1. The Morgan fingerprint density at radius 3 is 2.40 bits per heavy atom.